The zero-order valence-corrected chi connectivity index (χ0v) is 33.0. The average Bonchev–Trinajstić information content (AvgIpc) is 3.13. The van der Waals surface area contributed by atoms with E-state index in [2.05, 4.69) is 150 Å². The van der Waals surface area contributed by atoms with Crippen LogP contribution in [0.4, 0.5) is 0 Å². The van der Waals surface area contributed by atoms with Crippen molar-refractivity contribution in [2.75, 3.05) is 0 Å². The second kappa shape index (κ2) is 12.1. The van der Waals surface area contributed by atoms with E-state index in [9.17, 15) is 0 Å². The summed E-state index contributed by atoms with van der Waals surface area (Å²) in [4.78, 5) is 19.8. The third-order valence-electron chi connectivity index (χ3n) is 11.3. The largest absolute Gasteiger partial charge is 0.321 e. The maximum absolute atomic E-state index is 4.97. The zero-order valence-electron chi connectivity index (χ0n) is 30.6. The number of hydrogen-bond acceptors (Lipinski definition) is 4. The molecular weight excluding hydrogens is 767 g/mol. The van der Waals surface area contributed by atoms with Gasteiger partial charge >= 0.3 is 0 Å². The molecule has 1 aliphatic carbocycles. The first-order valence-corrected chi connectivity index (χ1v) is 16.7. The average molecular weight is 816 g/mol. The Hall–Kier alpha value is -3.60. The Morgan fingerprint density at radius 1 is 0.562 bits per heavy atom. The molecule has 1 aliphatic rings. The molecule has 0 N–H and O–H groups in total. The molecule has 3 aromatic heterocycles. The predicted octanol–water partition coefficient (Wildman–Crippen LogP) is 9.53. The number of benzene rings is 2. The Balaban J connectivity index is 0.00000451. The standard InChI is InChI=1S/C42H49N5.Ir/c1-38(2,3)30-18-13-27(14-19-30)35-44-36(28-15-20-31(21-16-28)39(4,5)6)46-37(45-35)29-17-22-34(43-25-29)47-24-23-32-33(26-47)41(9,10)42(11,12)40(32,7)8;/h13-23,25-26H,1-12H3;. The van der Waals surface area contributed by atoms with Gasteiger partial charge in [0.15, 0.2) is 17.5 Å². The number of fused-ring (bicyclic) bond motifs is 1. The molecule has 0 bridgehead atoms. The second-order valence-corrected chi connectivity index (χ2v) is 16.8. The van der Waals surface area contributed by atoms with Crippen LogP contribution in [0.3, 0.4) is 0 Å². The SMILES string of the molecule is CC(C)(C)c1ccc(-c2nc(-c3ccc(C(C)(C)C)cc3)nc(-c3ccc(-[n+]4[c-]cc5c(c4)C(C)(C)C(C)(C)C5(C)C)nc3)n2)cc1.[Ir]. The summed E-state index contributed by atoms with van der Waals surface area (Å²) in [6.07, 6.45) is 7.56. The Labute approximate surface area is 301 Å². The van der Waals surface area contributed by atoms with Gasteiger partial charge in [0.05, 0.1) is 5.56 Å². The fourth-order valence-electron chi connectivity index (χ4n) is 6.71. The normalized spacial score (nSPS) is 16.2. The summed E-state index contributed by atoms with van der Waals surface area (Å²) < 4.78 is 2.01. The van der Waals surface area contributed by atoms with Gasteiger partial charge in [0.1, 0.15) is 6.20 Å². The molecule has 0 atom stereocenters. The molecule has 1 radical (unpaired) electrons. The maximum Gasteiger partial charge on any atom is 0.247 e. The van der Waals surface area contributed by atoms with Crippen molar-refractivity contribution in [1.82, 2.24) is 19.9 Å². The van der Waals surface area contributed by atoms with Crippen LogP contribution in [0, 0.1) is 11.6 Å². The Kier molecular flexibility index (Phi) is 8.98. The van der Waals surface area contributed by atoms with Gasteiger partial charge in [-0.2, -0.15) is 0 Å². The first kappa shape index (κ1) is 35.7. The van der Waals surface area contributed by atoms with Crippen molar-refractivity contribution in [3.63, 3.8) is 0 Å². The zero-order chi connectivity index (χ0) is 34.2. The molecule has 0 unspecified atom stereocenters. The van der Waals surface area contributed by atoms with E-state index in [1.165, 1.54) is 22.3 Å². The topological polar surface area (TPSA) is 55.4 Å². The van der Waals surface area contributed by atoms with Crippen LogP contribution < -0.4 is 4.57 Å². The molecule has 0 saturated carbocycles. The molecular formula is C42H49IrN5. The Bertz CT molecular complexity index is 1870. The van der Waals surface area contributed by atoms with Gasteiger partial charge in [-0.15, -0.1) is 11.6 Å². The van der Waals surface area contributed by atoms with Crippen LogP contribution in [0.5, 0.6) is 0 Å². The van der Waals surface area contributed by atoms with Crippen LogP contribution in [-0.2, 0) is 41.8 Å². The van der Waals surface area contributed by atoms with Crippen LogP contribution in [0.2, 0.25) is 0 Å². The van der Waals surface area contributed by atoms with E-state index in [1.54, 1.807) is 0 Å². The number of aromatic nitrogens is 5. The maximum atomic E-state index is 4.97. The van der Waals surface area contributed by atoms with Crippen molar-refractivity contribution in [2.45, 2.75) is 105 Å². The van der Waals surface area contributed by atoms with Crippen molar-refractivity contribution in [3.05, 3.63) is 108 Å². The molecule has 6 heteroatoms. The molecule has 48 heavy (non-hydrogen) atoms. The van der Waals surface area contributed by atoms with Gasteiger partial charge in [0.2, 0.25) is 5.82 Å². The fraction of sp³-hybridized carbons (Fsp3) is 0.405. The predicted molar refractivity (Wildman–Crippen MR) is 192 cm³/mol. The van der Waals surface area contributed by atoms with Gasteiger partial charge in [0, 0.05) is 43.6 Å². The fourth-order valence-corrected chi connectivity index (χ4v) is 6.71. The third kappa shape index (κ3) is 6.07. The number of hydrogen-bond donors (Lipinski definition) is 0. The van der Waals surface area contributed by atoms with Crippen molar-refractivity contribution in [3.8, 4) is 40.0 Å². The van der Waals surface area contributed by atoms with Crippen LogP contribution in [0.15, 0.2) is 79.1 Å². The number of pyridine rings is 2. The van der Waals surface area contributed by atoms with E-state index in [0.717, 1.165) is 22.5 Å². The minimum Gasteiger partial charge on any atom is -0.321 e. The third-order valence-corrected chi connectivity index (χ3v) is 11.3. The van der Waals surface area contributed by atoms with E-state index in [0.29, 0.717) is 17.5 Å². The minimum absolute atomic E-state index is 0. The second-order valence-electron chi connectivity index (χ2n) is 16.8. The minimum atomic E-state index is -0.00350. The molecule has 251 valence electrons. The molecule has 2 aromatic carbocycles. The van der Waals surface area contributed by atoms with Gasteiger partial charge in [-0.25, -0.2) is 15.0 Å². The summed E-state index contributed by atoms with van der Waals surface area (Å²) in [5.74, 6) is 2.68. The summed E-state index contributed by atoms with van der Waals surface area (Å²) in [5.41, 5.74) is 8.22. The van der Waals surface area contributed by atoms with Crippen LogP contribution >= 0.6 is 0 Å². The van der Waals surface area contributed by atoms with E-state index < -0.39 is 0 Å². The van der Waals surface area contributed by atoms with Crippen molar-refractivity contribution < 1.29 is 24.7 Å². The Morgan fingerprint density at radius 2 is 0.979 bits per heavy atom. The summed E-state index contributed by atoms with van der Waals surface area (Å²) in [6.45, 7) is 27.5. The molecule has 0 spiro atoms. The van der Waals surface area contributed by atoms with Gasteiger partial charge in [0.25, 0.3) is 0 Å². The van der Waals surface area contributed by atoms with Gasteiger partial charge in [-0.05, 0) is 50.3 Å². The van der Waals surface area contributed by atoms with Crippen LogP contribution in [0.1, 0.15) is 105 Å². The summed E-state index contributed by atoms with van der Waals surface area (Å²) in [7, 11) is 0. The molecule has 0 aliphatic heterocycles. The molecule has 6 rings (SSSR count). The molecule has 5 aromatic rings. The van der Waals surface area contributed by atoms with Crippen LogP contribution in [0.25, 0.3) is 40.0 Å². The van der Waals surface area contributed by atoms with E-state index in [-0.39, 0.29) is 47.2 Å². The first-order valence-electron chi connectivity index (χ1n) is 16.7. The van der Waals surface area contributed by atoms with E-state index >= 15 is 0 Å². The van der Waals surface area contributed by atoms with Gasteiger partial charge in [-0.3, -0.25) is 0 Å². The number of nitrogens with zero attached hydrogens (tertiary/aromatic N) is 5. The molecule has 0 saturated heterocycles. The van der Waals surface area contributed by atoms with E-state index in [1.807, 2.05) is 22.9 Å². The summed E-state index contributed by atoms with van der Waals surface area (Å²) in [5, 5.41) is 0. The smallest absolute Gasteiger partial charge is 0.247 e. The molecule has 0 amide bonds. The number of rotatable bonds is 4. The van der Waals surface area contributed by atoms with Gasteiger partial charge in [-0.1, -0.05) is 142 Å². The van der Waals surface area contributed by atoms with Crippen LogP contribution in [-0.4, -0.2) is 19.9 Å². The summed E-state index contributed by atoms with van der Waals surface area (Å²) in [6, 6.07) is 23.3. The molecule has 3 heterocycles. The first-order chi connectivity index (χ1) is 21.8. The van der Waals surface area contributed by atoms with E-state index in [4.69, 9.17) is 19.9 Å². The molecule has 0 fully saturated rings. The van der Waals surface area contributed by atoms with Crippen molar-refractivity contribution in [2.24, 2.45) is 5.41 Å². The molecule has 5 nitrogen and oxygen atoms in total. The van der Waals surface area contributed by atoms with Crippen molar-refractivity contribution in [1.29, 1.82) is 0 Å². The quantitative estimate of drug-likeness (QED) is 0.134. The monoisotopic (exact) mass is 816 g/mol. The van der Waals surface area contributed by atoms with Gasteiger partial charge < -0.3 is 4.57 Å². The summed E-state index contributed by atoms with van der Waals surface area (Å²) >= 11 is 0. The Morgan fingerprint density at radius 3 is 1.40 bits per heavy atom. The van der Waals surface area contributed by atoms with Crippen molar-refractivity contribution >= 4 is 0 Å².